The van der Waals surface area contributed by atoms with Gasteiger partial charge < -0.3 is 10.1 Å². The second-order valence-corrected chi connectivity index (χ2v) is 7.66. The van der Waals surface area contributed by atoms with Gasteiger partial charge in [0.05, 0.1) is 17.1 Å². The Labute approximate surface area is 111 Å². The third-order valence-electron chi connectivity index (χ3n) is 3.73. The van der Waals surface area contributed by atoms with Crippen molar-refractivity contribution in [1.82, 2.24) is 5.32 Å². The van der Waals surface area contributed by atoms with Crippen molar-refractivity contribution in [3.8, 4) is 0 Å². The van der Waals surface area contributed by atoms with Gasteiger partial charge in [-0.3, -0.25) is 0 Å². The molecule has 2 atom stereocenters. The Balaban J connectivity index is 2.40. The predicted molar refractivity (Wildman–Crippen MR) is 74.6 cm³/mol. The first kappa shape index (κ1) is 15.9. The summed E-state index contributed by atoms with van der Waals surface area (Å²) in [5.74, 6) is 0.179. The van der Waals surface area contributed by atoms with E-state index in [-0.39, 0.29) is 17.1 Å². The Hall–Kier alpha value is -0.130. The number of hydrogen-bond acceptors (Lipinski definition) is 4. The summed E-state index contributed by atoms with van der Waals surface area (Å²) in [7, 11) is -3.04. The molecule has 0 aromatic carbocycles. The first-order chi connectivity index (χ1) is 8.49. The van der Waals surface area contributed by atoms with E-state index in [1.54, 1.807) is 6.92 Å². The summed E-state index contributed by atoms with van der Waals surface area (Å²) in [6.07, 6.45) is 3.86. The predicted octanol–water partition coefficient (Wildman–Crippen LogP) is 1.75. The van der Waals surface area contributed by atoms with Crippen LogP contribution < -0.4 is 5.32 Å². The molecular formula is C13H27NO3S. The van der Waals surface area contributed by atoms with Crippen molar-refractivity contribution >= 4 is 9.84 Å². The molecule has 1 fully saturated rings. The van der Waals surface area contributed by atoms with E-state index in [0.29, 0.717) is 19.2 Å². The van der Waals surface area contributed by atoms with Crippen LogP contribution in [-0.4, -0.2) is 44.7 Å². The molecule has 0 bridgehead atoms. The zero-order chi connectivity index (χ0) is 13.6. The standard InChI is InChI=1S/C13H27NO3S/c1-4-12(5-2)14-9-11(3)18(15,16)10-13-7-6-8-17-13/h11-14H,4-10H2,1-3H3. The minimum absolute atomic E-state index is 0.0782. The van der Waals surface area contributed by atoms with Gasteiger partial charge in [-0.05, 0) is 32.6 Å². The lowest BCUT2D eigenvalue weighted by molar-refractivity contribution is 0.127. The maximum atomic E-state index is 12.2. The van der Waals surface area contributed by atoms with Gasteiger partial charge in [0, 0.05) is 19.2 Å². The van der Waals surface area contributed by atoms with Crippen molar-refractivity contribution in [2.45, 2.75) is 63.9 Å². The number of sulfone groups is 1. The topological polar surface area (TPSA) is 55.4 Å². The molecule has 0 aromatic rings. The SMILES string of the molecule is CCC(CC)NCC(C)S(=O)(=O)CC1CCCO1. The molecule has 0 spiro atoms. The van der Waals surface area contributed by atoms with Crippen LogP contribution in [0.3, 0.4) is 0 Å². The molecule has 0 aromatic heterocycles. The molecule has 1 heterocycles. The molecule has 1 aliphatic rings. The first-order valence-corrected chi connectivity index (χ1v) is 8.77. The summed E-state index contributed by atoms with van der Waals surface area (Å²) in [4.78, 5) is 0. The van der Waals surface area contributed by atoms with E-state index in [0.717, 1.165) is 25.7 Å². The Morgan fingerprint density at radius 1 is 1.33 bits per heavy atom. The van der Waals surface area contributed by atoms with Crippen molar-refractivity contribution in [2.24, 2.45) is 0 Å². The molecule has 1 rings (SSSR count). The van der Waals surface area contributed by atoms with Crippen LogP contribution in [-0.2, 0) is 14.6 Å². The molecule has 0 aliphatic carbocycles. The maximum Gasteiger partial charge on any atom is 0.156 e. The van der Waals surface area contributed by atoms with Crippen molar-refractivity contribution in [1.29, 1.82) is 0 Å². The fourth-order valence-electron chi connectivity index (χ4n) is 2.24. The molecule has 0 saturated carbocycles. The number of nitrogens with one attached hydrogen (secondary N) is 1. The maximum absolute atomic E-state index is 12.2. The highest BCUT2D eigenvalue weighted by Crippen LogP contribution is 2.16. The summed E-state index contributed by atoms with van der Waals surface area (Å²) >= 11 is 0. The lowest BCUT2D eigenvalue weighted by Crippen LogP contribution is -2.39. The number of hydrogen-bond donors (Lipinski definition) is 1. The van der Waals surface area contributed by atoms with Crippen LogP contribution in [0.15, 0.2) is 0 Å². The van der Waals surface area contributed by atoms with Gasteiger partial charge >= 0.3 is 0 Å². The van der Waals surface area contributed by atoms with Crippen LogP contribution in [0.5, 0.6) is 0 Å². The Kier molecular flexibility index (Phi) is 6.60. The van der Waals surface area contributed by atoms with Crippen LogP contribution in [0.2, 0.25) is 0 Å². The van der Waals surface area contributed by atoms with Gasteiger partial charge in [0.1, 0.15) is 0 Å². The monoisotopic (exact) mass is 277 g/mol. The summed E-state index contributed by atoms with van der Waals surface area (Å²) < 4.78 is 29.7. The zero-order valence-electron chi connectivity index (χ0n) is 11.8. The van der Waals surface area contributed by atoms with E-state index in [2.05, 4.69) is 19.2 Å². The number of rotatable bonds is 8. The molecule has 1 saturated heterocycles. The van der Waals surface area contributed by atoms with Crippen LogP contribution in [0.1, 0.15) is 46.5 Å². The van der Waals surface area contributed by atoms with Crippen LogP contribution >= 0.6 is 0 Å². The second kappa shape index (κ2) is 7.46. The van der Waals surface area contributed by atoms with E-state index in [9.17, 15) is 8.42 Å². The highest BCUT2D eigenvalue weighted by atomic mass is 32.2. The van der Waals surface area contributed by atoms with Gasteiger partial charge in [-0.15, -0.1) is 0 Å². The molecule has 2 unspecified atom stereocenters. The molecule has 18 heavy (non-hydrogen) atoms. The fraction of sp³-hybridized carbons (Fsp3) is 1.00. The molecule has 5 heteroatoms. The molecule has 108 valence electrons. The normalized spacial score (nSPS) is 22.6. The Morgan fingerprint density at radius 2 is 2.00 bits per heavy atom. The van der Waals surface area contributed by atoms with Crippen molar-refractivity contribution < 1.29 is 13.2 Å². The van der Waals surface area contributed by atoms with Crippen LogP contribution in [0.4, 0.5) is 0 Å². The lowest BCUT2D eigenvalue weighted by atomic mass is 10.2. The van der Waals surface area contributed by atoms with Crippen molar-refractivity contribution in [2.75, 3.05) is 18.9 Å². The van der Waals surface area contributed by atoms with E-state index in [1.807, 2.05) is 0 Å². The van der Waals surface area contributed by atoms with Gasteiger partial charge in [0.2, 0.25) is 0 Å². The first-order valence-electron chi connectivity index (χ1n) is 7.06. The van der Waals surface area contributed by atoms with Crippen molar-refractivity contribution in [3.05, 3.63) is 0 Å². The van der Waals surface area contributed by atoms with E-state index in [4.69, 9.17) is 4.74 Å². The largest absolute Gasteiger partial charge is 0.377 e. The van der Waals surface area contributed by atoms with E-state index in [1.165, 1.54) is 0 Å². The molecular weight excluding hydrogens is 250 g/mol. The van der Waals surface area contributed by atoms with Crippen LogP contribution in [0.25, 0.3) is 0 Å². The minimum Gasteiger partial charge on any atom is -0.377 e. The van der Waals surface area contributed by atoms with Gasteiger partial charge in [-0.2, -0.15) is 0 Å². The Bertz CT molecular complexity index is 319. The smallest absolute Gasteiger partial charge is 0.156 e. The highest BCUT2D eigenvalue weighted by molar-refractivity contribution is 7.92. The quantitative estimate of drug-likeness (QED) is 0.734. The van der Waals surface area contributed by atoms with Gasteiger partial charge in [0.25, 0.3) is 0 Å². The number of ether oxygens (including phenoxy) is 1. The second-order valence-electron chi connectivity index (χ2n) is 5.20. The van der Waals surface area contributed by atoms with E-state index >= 15 is 0 Å². The zero-order valence-corrected chi connectivity index (χ0v) is 12.6. The third-order valence-corrected chi connectivity index (χ3v) is 5.96. The van der Waals surface area contributed by atoms with Crippen LogP contribution in [0, 0.1) is 0 Å². The molecule has 4 nitrogen and oxygen atoms in total. The van der Waals surface area contributed by atoms with Gasteiger partial charge in [-0.1, -0.05) is 13.8 Å². The molecule has 1 N–H and O–H groups in total. The lowest BCUT2D eigenvalue weighted by Gasteiger charge is -2.20. The summed E-state index contributed by atoms with van der Waals surface area (Å²) in [5, 5.41) is 3.00. The minimum atomic E-state index is -3.04. The summed E-state index contributed by atoms with van der Waals surface area (Å²) in [6, 6.07) is 0.422. The van der Waals surface area contributed by atoms with Gasteiger partial charge in [0.15, 0.2) is 9.84 Å². The molecule has 0 radical (unpaired) electrons. The molecule has 0 amide bonds. The third kappa shape index (κ3) is 4.86. The average molecular weight is 277 g/mol. The molecule has 1 aliphatic heterocycles. The summed E-state index contributed by atoms with van der Waals surface area (Å²) in [5.41, 5.74) is 0. The average Bonchev–Trinajstić information content (AvgIpc) is 2.82. The summed E-state index contributed by atoms with van der Waals surface area (Å²) in [6.45, 7) is 7.28. The van der Waals surface area contributed by atoms with E-state index < -0.39 is 9.84 Å². The van der Waals surface area contributed by atoms with Crippen molar-refractivity contribution in [3.63, 3.8) is 0 Å². The van der Waals surface area contributed by atoms with Gasteiger partial charge in [-0.25, -0.2) is 8.42 Å². The Morgan fingerprint density at radius 3 is 2.50 bits per heavy atom. The fourth-order valence-corrected chi connectivity index (χ4v) is 3.70. The highest BCUT2D eigenvalue weighted by Gasteiger charge is 2.27.